The first-order valence-electron chi connectivity index (χ1n) is 9.33. The molecule has 2 amide bonds. The van der Waals surface area contributed by atoms with E-state index in [1.807, 2.05) is 21.9 Å². The number of aryl methyl sites for hydroxylation is 2. The van der Waals surface area contributed by atoms with Gasteiger partial charge in [0.15, 0.2) is 0 Å². The lowest BCUT2D eigenvalue weighted by Crippen LogP contribution is -2.47. The molecule has 2 atom stereocenters. The van der Waals surface area contributed by atoms with Crippen LogP contribution in [0.3, 0.4) is 0 Å². The number of hydrogen-bond donors (Lipinski definition) is 0. The Labute approximate surface area is 148 Å². The molecule has 2 bridgehead atoms. The van der Waals surface area contributed by atoms with E-state index in [-0.39, 0.29) is 17.9 Å². The van der Waals surface area contributed by atoms with E-state index in [1.165, 1.54) is 11.1 Å². The van der Waals surface area contributed by atoms with Gasteiger partial charge in [0, 0.05) is 32.6 Å². The Morgan fingerprint density at radius 3 is 2.56 bits per heavy atom. The highest BCUT2D eigenvalue weighted by molar-refractivity contribution is 5.97. The highest BCUT2D eigenvalue weighted by Gasteiger charge is 2.39. The van der Waals surface area contributed by atoms with Crippen molar-refractivity contribution in [2.45, 2.75) is 45.1 Å². The van der Waals surface area contributed by atoms with Gasteiger partial charge >= 0.3 is 0 Å². The van der Waals surface area contributed by atoms with Crippen molar-refractivity contribution in [2.24, 2.45) is 5.92 Å². The maximum atomic E-state index is 13.3. The van der Waals surface area contributed by atoms with Gasteiger partial charge in [0.05, 0.1) is 12.7 Å². The number of hydrogen-bond acceptors (Lipinski definition) is 3. The number of ether oxygens (including phenoxy) is 1. The minimum absolute atomic E-state index is 0.0617. The molecule has 1 aliphatic carbocycles. The number of nitrogens with zero attached hydrogens (tertiary/aromatic N) is 2. The van der Waals surface area contributed by atoms with Gasteiger partial charge in [-0.05, 0) is 61.3 Å². The van der Waals surface area contributed by atoms with Crippen molar-refractivity contribution >= 4 is 11.8 Å². The zero-order chi connectivity index (χ0) is 17.6. The molecule has 5 nitrogen and oxygen atoms in total. The number of carbonyl (C=O) groups excluding carboxylic acids is 2. The lowest BCUT2D eigenvalue weighted by Gasteiger charge is -2.36. The number of fused-ring (bicyclic) bond motifs is 5. The summed E-state index contributed by atoms with van der Waals surface area (Å²) < 4.78 is 5.54. The Morgan fingerprint density at radius 2 is 1.84 bits per heavy atom. The number of carbonyl (C=O) groups is 2. The minimum Gasteiger partial charge on any atom is -0.496 e. The van der Waals surface area contributed by atoms with Crippen molar-refractivity contribution in [3.05, 3.63) is 28.8 Å². The summed E-state index contributed by atoms with van der Waals surface area (Å²) in [7, 11) is 1.64. The first-order chi connectivity index (χ1) is 12.1. The molecule has 3 fully saturated rings. The van der Waals surface area contributed by atoms with Crippen LogP contribution in [0.2, 0.25) is 0 Å². The van der Waals surface area contributed by atoms with Crippen molar-refractivity contribution in [2.75, 3.05) is 26.7 Å². The monoisotopic (exact) mass is 342 g/mol. The topological polar surface area (TPSA) is 49.9 Å². The summed E-state index contributed by atoms with van der Waals surface area (Å²) in [5.74, 6) is 1.24. The lowest BCUT2D eigenvalue weighted by atomic mass is 9.93. The third-order valence-electron chi connectivity index (χ3n) is 6.06. The summed E-state index contributed by atoms with van der Waals surface area (Å²) >= 11 is 0. The Balaban J connectivity index is 1.64. The SMILES string of the molecule is COc1cc2c(cc1C(=O)N1CC3CCC1CN(C(C)=O)C3)CCC2. The molecule has 1 aromatic carbocycles. The summed E-state index contributed by atoms with van der Waals surface area (Å²) in [6.07, 6.45) is 5.34. The van der Waals surface area contributed by atoms with Crippen LogP contribution in [0, 0.1) is 5.92 Å². The average Bonchev–Trinajstić information content (AvgIpc) is 2.86. The summed E-state index contributed by atoms with van der Waals surface area (Å²) in [5.41, 5.74) is 3.29. The normalized spacial score (nSPS) is 24.9. The smallest absolute Gasteiger partial charge is 0.257 e. The predicted octanol–water partition coefficient (Wildman–Crippen LogP) is 2.27. The van der Waals surface area contributed by atoms with Gasteiger partial charge < -0.3 is 14.5 Å². The molecule has 3 saturated heterocycles. The molecular formula is C20H26N2O3. The van der Waals surface area contributed by atoms with Crippen LogP contribution in [-0.4, -0.2) is 54.4 Å². The summed E-state index contributed by atoms with van der Waals surface area (Å²) in [5, 5.41) is 0. The molecule has 0 spiro atoms. The van der Waals surface area contributed by atoms with E-state index >= 15 is 0 Å². The molecule has 25 heavy (non-hydrogen) atoms. The number of methoxy groups -OCH3 is 1. The predicted molar refractivity (Wildman–Crippen MR) is 94.8 cm³/mol. The van der Waals surface area contributed by atoms with E-state index in [1.54, 1.807) is 14.0 Å². The van der Waals surface area contributed by atoms with Gasteiger partial charge in [-0.15, -0.1) is 0 Å². The number of piperidine rings is 1. The van der Waals surface area contributed by atoms with Crippen molar-refractivity contribution in [3.63, 3.8) is 0 Å². The highest BCUT2D eigenvalue weighted by Crippen LogP contribution is 2.34. The fourth-order valence-corrected chi connectivity index (χ4v) is 4.68. The van der Waals surface area contributed by atoms with Crippen molar-refractivity contribution in [1.82, 2.24) is 9.80 Å². The molecule has 134 valence electrons. The van der Waals surface area contributed by atoms with E-state index < -0.39 is 0 Å². The average molecular weight is 342 g/mol. The van der Waals surface area contributed by atoms with Crippen LogP contribution in [-0.2, 0) is 17.6 Å². The fraction of sp³-hybridized carbons (Fsp3) is 0.600. The minimum atomic E-state index is 0.0617. The Kier molecular flexibility index (Phi) is 4.18. The van der Waals surface area contributed by atoms with Crippen molar-refractivity contribution < 1.29 is 14.3 Å². The second-order valence-corrected chi connectivity index (χ2v) is 7.65. The summed E-state index contributed by atoms with van der Waals surface area (Å²) in [4.78, 5) is 29.1. The lowest BCUT2D eigenvalue weighted by molar-refractivity contribution is -0.129. The molecule has 2 unspecified atom stereocenters. The molecular weight excluding hydrogens is 316 g/mol. The highest BCUT2D eigenvalue weighted by atomic mass is 16.5. The maximum absolute atomic E-state index is 13.3. The van der Waals surface area contributed by atoms with Gasteiger partial charge in [-0.25, -0.2) is 0 Å². The summed E-state index contributed by atoms with van der Waals surface area (Å²) in [6.45, 7) is 3.80. The molecule has 0 aromatic heterocycles. The molecule has 0 radical (unpaired) electrons. The molecule has 5 heteroatoms. The number of amides is 2. The third-order valence-corrected chi connectivity index (χ3v) is 6.06. The van der Waals surface area contributed by atoms with Gasteiger partial charge in [0.1, 0.15) is 5.75 Å². The third kappa shape index (κ3) is 2.90. The van der Waals surface area contributed by atoms with E-state index in [2.05, 4.69) is 0 Å². The maximum Gasteiger partial charge on any atom is 0.257 e. The van der Waals surface area contributed by atoms with Crippen LogP contribution >= 0.6 is 0 Å². The first-order valence-corrected chi connectivity index (χ1v) is 9.33. The van der Waals surface area contributed by atoms with Crippen LogP contribution in [0.15, 0.2) is 12.1 Å². The Hall–Kier alpha value is -2.04. The Bertz CT molecular complexity index is 715. The zero-order valence-electron chi connectivity index (χ0n) is 15.1. The van der Waals surface area contributed by atoms with Crippen LogP contribution in [0.5, 0.6) is 5.75 Å². The summed E-state index contributed by atoms with van der Waals surface area (Å²) in [6, 6.07) is 4.21. The molecule has 5 rings (SSSR count). The number of rotatable bonds is 2. The fourth-order valence-electron chi connectivity index (χ4n) is 4.68. The van der Waals surface area contributed by atoms with E-state index in [0.29, 0.717) is 23.8 Å². The molecule has 0 saturated carbocycles. The van der Waals surface area contributed by atoms with Crippen LogP contribution < -0.4 is 4.74 Å². The van der Waals surface area contributed by atoms with E-state index in [9.17, 15) is 9.59 Å². The van der Waals surface area contributed by atoms with Gasteiger partial charge in [-0.2, -0.15) is 0 Å². The molecule has 0 N–H and O–H groups in total. The second-order valence-electron chi connectivity index (χ2n) is 7.65. The Morgan fingerprint density at radius 1 is 1.08 bits per heavy atom. The van der Waals surface area contributed by atoms with Gasteiger partial charge in [-0.3, -0.25) is 9.59 Å². The van der Waals surface area contributed by atoms with Gasteiger partial charge in [0.25, 0.3) is 5.91 Å². The van der Waals surface area contributed by atoms with Crippen molar-refractivity contribution in [1.29, 1.82) is 0 Å². The van der Waals surface area contributed by atoms with E-state index in [4.69, 9.17) is 4.74 Å². The zero-order valence-corrected chi connectivity index (χ0v) is 15.1. The first kappa shape index (κ1) is 16.4. The largest absolute Gasteiger partial charge is 0.496 e. The van der Waals surface area contributed by atoms with Gasteiger partial charge in [0.2, 0.25) is 5.91 Å². The van der Waals surface area contributed by atoms with Gasteiger partial charge in [-0.1, -0.05) is 0 Å². The van der Waals surface area contributed by atoms with Crippen LogP contribution in [0.4, 0.5) is 0 Å². The van der Waals surface area contributed by atoms with Crippen LogP contribution in [0.25, 0.3) is 0 Å². The van der Waals surface area contributed by atoms with E-state index in [0.717, 1.165) is 45.2 Å². The standard InChI is InChI=1S/C20H26N2O3/c1-13(23)21-10-14-6-7-17(12-21)22(11-14)20(24)18-8-15-4-3-5-16(15)9-19(18)25-2/h8-9,14,17H,3-7,10-12H2,1-2H3. The molecule has 3 aliphatic heterocycles. The quantitative estimate of drug-likeness (QED) is 0.828. The van der Waals surface area contributed by atoms with Crippen LogP contribution in [0.1, 0.15) is 47.7 Å². The molecule has 4 aliphatic rings. The van der Waals surface area contributed by atoms with Crippen molar-refractivity contribution in [3.8, 4) is 5.75 Å². The second kappa shape index (κ2) is 6.36. The molecule has 3 heterocycles. The molecule has 1 aromatic rings. The number of benzene rings is 1.